The summed E-state index contributed by atoms with van der Waals surface area (Å²) in [5.41, 5.74) is 0. The van der Waals surface area contributed by atoms with Gasteiger partial charge in [-0.15, -0.1) is 5.10 Å². The van der Waals surface area contributed by atoms with Crippen LogP contribution >= 0.6 is 0 Å². The summed E-state index contributed by atoms with van der Waals surface area (Å²) in [5, 5.41) is 13.5. The highest BCUT2D eigenvalue weighted by Crippen LogP contribution is 2.13. The lowest BCUT2D eigenvalue weighted by atomic mass is 9.98. The van der Waals surface area contributed by atoms with E-state index in [1.165, 1.54) is 12.8 Å². The maximum atomic E-state index is 12.1. The number of amides is 1. The van der Waals surface area contributed by atoms with Gasteiger partial charge in [-0.25, -0.2) is 0 Å². The van der Waals surface area contributed by atoms with Crippen LogP contribution in [0.25, 0.3) is 0 Å². The minimum absolute atomic E-state index is 0.115. The number of aryl methyl sites for hydroxylation is 1. The third-order valence-corrected chi connectivity index (χ3v) is 3.74. The van der Waals surface area contributed by atoms with Gasteiger partial charge >= 0.3 is 6.01 Å². The number of anilines is 1. The molecule has 7 nitrogen and oxygen atoms in total. The third kappa shape index (κ3) is 5.09. The van der Waals surface area contributed by atoms with Crippen LogP contribution in [0.1, 0.15) is 32.6 Å². The Kier molecular flexibility index (Phi) is 5.69. The zero-order valence-electron chi connectivity index (χ0n) is 13.1. The molecular formula is C14H25N5O2. The molecule has 2 rings (SSSR count). The van der Waals surface area contributed by atoms with Gasteiger partial charge in [0.25, 0.3) is 0 Å². The maximum absolute atomic E-state index is 12.1. The maximum Gasteiger partial charge on any atom is 0.322 e. The molecule has 0 spiro atoms. The smallest absolute Gasteiger partial charge is 0.322 e. The zero-order chi connectivity index (χ0) is 15.2. The van der Waals surface area contributed by atoms with E-state index in [-0.39, 0.29) is 11.9 Å². The Morgan fingerprint density at radius 2 is 2.33 bits per heavy atom. The van der Waals surface area contributed by atoms with Crippen molar-refractivity contribution < 1.29 is 9.21 Å². The largest absolute Gasteiger partial charge is 0.408 e. The van der Waals surface area contributed by atoms with E-state index in [0.29, 0.717) is 24.4 Å². The first-order chi connectivity index (χ1) is 10.0. The van der Waals surface area contributed by atoms with E-state index in [1.54, 1.807) is 6.92 Å². The summed E-state index contributed by atoms with van der Waals surface area (Å²) < 4.78 is 5.16. The second-order valence-corrected chi connectivity index (χ2v) is 5.91. The number of rotatable bonds is 6. The van der Waals surface area contributed by atoms with Gasteiger partial charge in [0.2, 0.25) is 11.8 Å². The second-order valence-electron chi connectivity index (χ2n) is 5.91. The second kappa shape index (κ2) is 7.51. The highest BCUT2D eigenvalue weighted by Gasteiger charge is 2.21. The number of nitrogens with one attached hydrogen (secondary N) is 2. The third-order valence-electron chi connectivity index (χ3n) is 3.74. The molecule has 0 bridgehead atoms. The quantitative estimate of drug-likeness (QED) is 0.815. The number of hydrogen-bond donors (Lipinski definition) is 2. The molecule has 1 saturated heterocycles. The zero-order valence-corrected chi connectivity index (χ0v) is 13.1. The molecule has 1 atom stereocenters. The van der Waals surface area contributed by atoms with Gasteiger partial charge < -0.3 is 9.73 Å². The van der Waals surface area contributed by atoms with E-state index < -0.39 is 0 Å². The molecule has 1 aromatic heterocycles. The van der Waals surface area contributed by atoms with Crippen molar-refractivity contribution in [3.8, 4) is 0 Å². The van der Waals surface area contributed by atoms with Gasteiger partial charge in [-0.2, -0.15) is 0 Å². The number of piperidine rings is 1. The van der Waals surface area contributed by atoms with Crippen LogP contribution in [0.2, 0.25) is 0 Å². The fourth-order valence-corrected chi connectivity index (χ4v) is 2.56. The van der Waals surface area contributed by atoms with Crippen LogP contribution in [0.5, 0.6) is 0 Å². The van der Waals surface area contributed by atoms with Gasteiger partial charge in [-0.3, -0.25) is 15.0 Å². The Bertz CT molecular complexity index is 454. The molecule has 118 valence electrons. The van der Waals surface area contributed by atoms with Gasteiger partial charge in [-0.1, -0.05) is 5.10 Å². The van der Waals surface area contributed by atoms with Crippen LogP contribution < -0.4 is 10.6 Å². The first kappa shape index (κ1) is 15.9. The van der Waals surface area contributed by atoms with Crippen LogP contribution in [-0.2, 0) is 4.79 Å². The molecule has 0 aliphatic carbocycles. The lowest BCUT2D eigenvalue weighted by Crippen LogP contribution is -2.44. The molecule has 1 aliphatic rings. The van der Waals surface area contributed by atoms with Crippen LogP contribution in [0.3, 0.4) is 0 Å². The summed E-state index contributed by atoms with van der Waals surface area (Å²) in [6.07, 6.45) is 2.44. The molecule has 21 heavy (non-hydrogen) atoms. The molecule has 1 unspecified atom stereocenters. The minimum Gasteiger partial charge on any atom is -0.408 e. The molecule has 1 aliphatic heterocycles. The van der Waals surface area contributed by atoms with Crippen molar-refractivity contribution in [3.05, 3.63) is 5.89 Å². The van der Waals surface area contributed by atoms with Gasteiger partial charge in [0.05, 0.1) is 6.54 Å². The standard InChI is InChI=1S/C14H25N5O2/c1-10(2)19(8-12-5-4-6-15-7-12)9-13(20)16-14-18-17-11(3)21-14/h10,12,15H,4-9H2,1-3H3,(H,16,18,20). The van der Waals surface area contributed by atoms with Gasteiger partial charge in [0.15, 0.2) is 0 Å². The Hall–Kier alpha value is -1.47. The first-order valence-corrected chi connectivity index (χ1v) is 7.59. The van der Waals surface area contributed by atoms with E-state index in [0.717, 1.165) is 19.6 Å². The SMILES string of the molecule is Cc1nnc(NC(=O)CN(CC2CCCNC2)C(C)C)o1. The summed E-state index contributed by atoms with van der Waals surface area (Å²) in [6.45, 7) is 9.33. The molecule has 0 aromatic carbocycles. The Labute approximate surface area is 125 Å². The van der Waals surface area contributed by atoms with Crippen molar-refractivity contribution in [2.45, 2.75) is 39.7 Å². The Morgan fingerprint density at radius 1 is 1.52 bits per heavy atom. The van der Waals surface area contributed by atoms with E-state index >= 15 is 0 Å². The van der Waals surface area contributed by atoms with Crippen LogP contribution in [0.15, 0.2) is 4.42 Å². The van der Waals surface area contributed by atoms with Gasteiger partial charge in [0.1, 0.15) is 0 Å². The molecule has 0 saturated carbocycles. The molecular weight excluding hydrogens is 270 g/mol. The fraction of sp³-hybridized carbons (Fsp3) is 0.786. The fourth-order valence-electron chi connectivity index (χ4n) is 2.56. The number of nitrogens with zero attached hydrogens (tertiary/aromatic N) is 3. The van der Waals surface area contributed by atoms with Crippen LogP contribution in [-0.4, -0.2) is 53.2 Å². The molecule has 1 aromatic rings. The number of carbonyl (C=O) groups is 1. The molecule has 2 N–H and O–H groups in total. The number of aromatic nitrogens is 2. The van der Waals surface area contributed by atoms with Crippen LogP contribution in [0.4, 0.5) is 6.01 Å². The summed E-state index contributed by atoms with van der Waals surface area (Å²) in [4.78, 5) is 14.3. The number of hydrogen-bond acceptors (Lipinski definition) is 6. The molecule has 2 heterocycles. The minimum atomic E-state index is -0.115. The predicted molar refractivity (Wildman–Crippen MR) is 80.0 cm³/mol. The van der Waals surface area contributed by atoms with Crippen molar-refractivity contribution in [2.24, 2.45) is 5.92 Å². The average Bonchev–Trinajstić information content (AvgIpc) is 2.84. The first-order valence-electron chi connectivity index (χ1n) is 7.59. The lowest BCUT2D eigenvalue weighted by molar-refractivity contribution is -0.118. The summed E-state index contributed by atoms with van der Waals surface area (Å²) in [7, 11) is 0. The predicted octanol–water partition coefficient (Wildman–Crippen LogP) is 1.03. The number of carbonyl (C=O) groups excluding carboxylic acids is 1. The van der Waals surface area contributed by atoms with Crippen molar-refractivity contribution in [1.82, 2.24) is 20.4 Å². The topological polar surface area (TPSA) is 83.3 Å². The van der Waals surface area contributed by atoms with Crippen molar-refractivity contribution in [2.75, 3.05) is 31.5 Å². The van der Waals surface area contributed by atoms with E-state index in [4.69, 9.17) is 4.42 Å². The van der Waals surface area contributed by atoms with E-state index in [1.807, 2.05) is 0 Å². The Balaban J connectivity index is 1.84. The normalized spacial score (nSPS) is 19.2. The van der Waals surface area contributed by atoms with Crippen molar-refractivity contribution in [1.29, 1.82) is 0 Å². The molecule has 1 fully saturated rings. The molecule has 0 radical (unpaired) electrons. The lowest BCUT2D eigenvalue weighted by Gasteiger charge is -2.32. The molecule has 1 amide bonds. The van der Waals surface area contributed by atoms with Gasteiger partial charge in [-0.05, 0) is 45.7 Å². The summed E-state index contributed by atoms with van der Waals surface area (Å²) in [5.74, 6) is 0.940. The monoisotopic (exact) mass is 295 g/mol. The highest BCUT2D eigenvalue weighted by molar-refractivity contribution is 5.90. The highest BCUT2D eigenvalue weighted by atomic mass is 16.4. The Morgan fingerprint density at radius 3 is 2.90 bits per heavy atom. The average molecular weight is 295 g/mol. The van der Waals surface area contributed by atoms with E-state index in [2.05, 4.69) is 39.6 Å². The van der Waals surface area contributed by atoms with Crippen LogP contribution in [0, 0.1) is 12.8 Å². The summed E-state index contributed by atoms with van der Waals surface area (Å²) >= 11 is 0. The molecule has 7 heteroatoms. The van der Waals surface area contributed by atoms with Crippen molar-refractivity contribution >= 4 is 11.9 Å². The van der Waals surface area contributed by atoms with Gasteiger partial charge in [0, 0.05) is 19.5 Å². The summed E-state index contributed by atoms with van der Waals surface area (Å²) in [6, 6.07) is 0.489. The van der Waals surface area contributed by atoms with E-state index in [9.17, 15) is 4.79 Å². The van der Waals surface area contributed by atoms with Crippen molar-refractivity contribution in [3.63, 3.8) is 0 Å².